The van der Waals surface area contributed by atoms with Gasteiger partial charge in [-0.25, -0.2) is 9.37 Å². The average Bonchev–Trinajstić information content (AvgIpc) is 3.22. The first-order chi connectivity index (χ1) is 12.9. The van der Waals surface area contributed by atoms with Crippen LogP contribution in [-0.2, 0) is 22.3 Å². The Bertz CT molecular complexity index is 788. The van der Waals surface area contributed by atoms with E-state index in [0.29, 0.717) is 43.7 Å². The van der Waals surface area contributed by atoms with Gasteiger partial charge >= 0.3 is 6.18 Å². The van der Waals surface area contributed by atoms with Gasteiger partial charge in [0.15, 0.2) is 0 Å². The number of aromatic amines is 1. The highest BCUT2D eigenvalue weighted by Gasteiger charge is 2.37. The number of likely N-dealkylation sites (tertiary alicyclic amines) is 1. The Balaban J connectivity index is 1.38. The number of aromatic nitrogens is 2. The van der Waals surface area contributed by atoms with E-state index in [1.807, 2.05) is 0 Å². The van der Waals surface area contributed by atoms with Crippen molar-refractivity contribution < 1.29 is 27.0 Å². The van der Waals surface area contributed by atoms with Gasteiger partial charge in [-0.3, -0.25) is 4.90 Å². The Morgan fingerprint density at radius 3 is 2.74 bits per heavy atom. The maximum Gasteiger partial charge on any atom is 0.416 e. The largest absolute Gasteiger partial charge is 0.416 e. The van der Waals surface area contributed by atoms with Crippen molar-refractivity contribution in [3.05, 3.63) is 29.6 Å². The summed E-state index contributed by atoms with van der Waals surface area (Å²) in [6.45, 7) is 2.27. The monoisotopic (exact) mass is 387 g/mol. The van der Waals surface area contributed by atoms with Crippen molar-refractivity contribution in [1.82, 2.24) is 14.9 Å². The molecule has 2 aromatic rings. The predicted molar refractivity (Wildman–Crippen MR) is 90.0 cm³/mol. The lowest BCUT2D eigenvalue weighted by Crippen LogP contribution is -2.38. The molecule has 1 N–H and O–H groups in total. The van der Waals surface area contributed by atoms with Crippen LogP contribution in [0.2, 0.25) is 0 Å². The van der Waals surface area contributed by atoms with Gasteiger partial charge < -0.3 is 14.5 Å². The van der Waals surface area contributed by atoms with Gasteiger partial charge in [-0.05, 0) is 31.0 Å². The molecule has 1 aromatic carbocycles. The molecule has 2 fully saturated rings. The van der Waals surface area contributed by atoms with Crippen LogP contribution in [0.1, 0.15) is 24.2 Å². The van der Waals surface area contributed by atoms with E-state index >= 15 is 0 Å². The second kappa shape index (κ2) is 7.37. The average molecular weight is 387 g/mol. The lowest BCUT2D eigenvalue weighted by Gasteiger charge is -2.30. The fourth-order valence-electron chi connectivity index (χ4n) is 3.76. The number of ether oxygens (including phenoxy) is 2. The highest BCUT2D eigenvalue weighted by molar-refractivity contribution is 5.76. The summed E-state index contributed by atoms with van der Waals surface area (Å²) in [5, 5.41) is 0. The SMILES string of the molecule is FC1CN(C2CCOCC2)CC1OCc1nc2ccc(C(F)(F)F)cc2[nH]1. The minimum atomic E-state index is -4.41. The molecule has 0 amide bonds. The number of halogens is 4. The number of hydrogen-bond donors (Lipinski definition) is 1. The summed E-state index contributed by atoms with van der Waals surface area (Å²) < 4.78 is 63.7. The first-order valence-corrected chi connectivity index (χ1v) is 9.03. The Kier molecular flexibility index (Phi) is 5.09. The fraction of sp³-hybridized carbons (Fsp3) is 0.611. The second-order valence-electron chi connectivity index (χ2n) is 7.08. The van der Waals surface area contributed by atoms with Gasteiger partial charge in [-0.1, -0.05) is 0 Å². The molecule has 2 saturated heterocycles. The lowest BCUT2D eigenvalue weighted by atomic mass is 10.1. The van der Waals surface area contributed by atoms with Gasteiger partial charge in [0, 0.05) is 32.3 Å². The van der Waals surface area contributed by atoms with Crippen molar-refractivity contribution in [2.75, 3.05) is 26.3 Å². The molecule has 0 aliphatic carbocycles. The summed E-state index contributed by atoms with van der Waals surface area (Å²) in [6.07, 6.45) is -4.27. The van der Waals surface area contributed by atoms with Crippen molar-refractivity contribution in [1.29, 1.82) is 0 Å². The molecule has 4 rings (SSSR count). The van der Waals surface area contributed by atoms with E-state index in [9.17, 15) is 17.6 Å². The van der Waals surface area contributed by atoms with Crippen molar-refractivity contribution >= 4 is 11.0 Å². The minimum Gasteiger partial charge on any atom is -0.381 e. The molecule has 27 heavy (non-hydrogen) atoms. The quantitative estimate of drug-likeness (QED) is 0.818. The van der Waals surface area contributed by atoms with Gasteiger partial charge in [-0.15, -0.1) is 0 Å². The Morgan fingerprint density at radius 2 is 2.00 bits per heavy atom. The summed E-state index contributed by atoms with van der Waals surface area (Å²) in [5.41, 5.74) is -0.0260. The van der Waals surface area contributed by atoms with Crippen molar-refractivity contribution in [3.63, 3.8) is 0 Å². The highest BCUT2D eigenvalue weighted by Crippen LogP contribution is 2.31. The van der Waals surface area contributed by atoms with Crippen LogP contribution in [0.25, 0.3) is 11.0 Å². The summed E-state index contributed by atoms with van der Waals surface area (Å²) >= 11 is 0. The Morgan fingerprint density at radius 1 is 1.22 bits per heavy atom. The molecule has 2 aliphatic heterocycles. The van der Waals surface area contributed by atoms with E-state index < -0.39 is 24.0 Å². The normalized spacial score (nSPS) is 25.5. The van der Waals surface area contributed by atoms with Crippen LogP contribution in [0.15, 0.2) is 18.2 Å². The van der Waals surface area contributed by atoms with E-state index in [-0.39, 0.29) is 12.1 Å². The van der Waals surface area contributed by atoms with Gasteiger partial charge in [-0.2, -0.15) is 13.2 Å². The number of alkyl halides is 4. The second-order valence-corrected chi connectivity index (χ2v) is 7.08. The standard InChI is InChI=1S/C18H21F4N3O2/c19-13-8-25(12-3-5-26-6-4-12)9-16(13)27-10-17-23-14-2-1-11(18(20,21)22)7-15(14)24-17/h1-2,7,12-13,16H,3-6,8-10H2,(H,23,24). The fourth-order valence-corrected chi connectivity index (χ4v) is 3.76. The van der Waals surface area contributed by atoms with E-state index in [4.69, 9.17) is 9.47 Å². The van der Waals surface area contributed by atoms with Crippen molar-refractivity contribution in [2.24, 2.45) is 0 Å². The van der Waals surface area contributed by atoms with E-state index in [2.05, 4.69) is 14.9 Å². The smallest absolute Gasteiger partial charge is 0.381 e. The summed E-state index contributed by atoms with van der Waals surface area (Å²) in [4.78, 5) is 9.17. The molecular formula is C18H21F4N3O2. The van der Waals surface area contributed by atoms with Crippen LogP contribution >= 0.6 is 0 Å². The number of H-pyrrole nitrogens is 1. The maximum atomic E-state index is 14.3. The number of fused-ring (bicyclic) bond motifs is 1. The molecule has 3 heterocycles. The van der Waals surface area contributed by atoms with E-state index in [0.717, 1.165) is 25.0 Å². The van der Waals surface area contributed by atoms with Crippen LogP contribution in [0.3, 0.4) is 0 Å². The third kappa shape index (κ3) is 4.09. The molecule has 1 aromatic heterocycles. The molecule has 0 spiro atoms. The molecule has 2 unspecified atom stereocenters. The highest BCUT2D eigenvalue weighted by atomic mass is 19.4. The van der Waals surface area contributed by atoms with Gasteiger partial charge in [0.2, 0.25) is 0 Å². The molecule has 0 saturated carbocycles. The molecule has 5 nitrogen and oxygen atoms in total. The van der Waals surface area contributed by atoms with Crippen LogP contribution in [0, 0.1) is 0 Å². The summed E-state index contributed by atoms with van der Waals surface area (Å²) in [7, 11) is 0. The number of nitrogens with zero attached hydrogens (tertiary/aromatic N) is 2. The number of hydrogen-bond acceptors (Lipinski definition) is 4. The number of imidazole rings is 1. The molecular weight excluding hydrogens is 366 g/mol. The minimum absolute atomic E-state index is 0.0305. The number of nitrogens with one attached hydrogen (secondary N) is 1. The van der Waals surface area contributed by atoms with Crippen molar-refractivity contribution in [3.8, 4) is 0 Å². The van der Waals surface area contributed by atoms with Crippen LogP contribution in [0.5, 0.6) is 0 Å². The van der Waals surface area contributed by atoms with E-state index in [1.165, 1.54) is 6.07 Å². The zero-order chi connectivity index (χ0) is 19.0. The predicted octanol–water partition coefficient (Wildman–Crippen LogP) is 3.30. The number of benzene rings is 1. The Hall–Kier alpha value is -1.71. The Labute approximate surface area is 153 Å². The molecule has 0 radical (unpaired) electrons. The molecule has 2 aliphatic rings. The van der Waals surface area contributed by atoms with Crippen LogP contribution in [-0.4, -0.2) is 59.5 Å². The zero-order valence-electron chi connectivity index (χ0n) is 14.6. The van der Waals surface area contributed by atoms with Crippen LogP contribution < -0.4 is 0 Å². The van der Waals surface area contributed by atoms with E-state index in [1.54, 1.807) is 0 Å². The molecule has 0 bridgehead atoms. The molecule has 9 heteroatoms. The summed E-state index contributed by atoms with van der Waals surface area (Å²) in [5.74, 6) is 0.390. The first-order valence-electron chi connectivity index (χ1n) is 9.03. The lowest BCUT2D eigenvalue weighted by molar-refractivity contribution is -0.137. The van der Waals surface area contributed by atoms with Gasteiger partial charge in [0.05, 0.1) is 16.6 Å². The zero-order valence-corrected chi connectivity index (χ0v) is 14.6. The molecule has 2 atom stereocenters. The maximum absolute atomic E-state index is 14.3. The first kappa shape index (κ1) is 18.6. The topological polar surface area (TPSA) is 50.4 Å². The summed E-state index contributed by atoms with van der Waals surface area (Å²) in [6, 6.07) is 3.65. The van der Waals surface area contributed by atoms with Crippen molar-refractivity contribution in [2.45, 2.75) is 43.9 Å². The number of rotatable bonds is 4. The van der Waals surface area contributed by atoms with Gasteiger partial charge in [0.1, 0.15) is 24.7 Å². The third-order valence-electron chi connectivity index (χ3n) is 5.23. The third-order valence-corrected chi connectivity index (χ3v) is 5.23. The van der Waals surface area contributed by atoms with Gasteiger partial charge in [0.25, 0.3) is 0 Å². The van der Waals surface area contributed by atoms with Crippen LogP contribution in [0.4, 0.5) is 17.6 Å². The molecule has 148 valence electrons.